The number of hydrogen-bond donors (Lipinski definition) is 2. The van der Waals surface area contributed by atoms with Crippen molar-refractivity contribution in [2.45, 2.75) is 13.0 Å². The Labute approximate surface area is 87.4 Å². The van der Waals surface area contributed by atoms with Crippen LogP contribution in [0.25, 0.3) is 0 Å². The van der Waals surface area contributed by atoms with Gasteiger partial charge in [0.2, 0.25) is 0 Å². The summed E-state index contributed by atoms with van der Waals surface area (Å²) >= 11 is 5.91. The molecule has 1 aromatic carbocycles. The number of nitrogens with one attached hydrogen (secondary N) is 2. The number of urea groups is 1. The zero-order valence-electron chi connectivity index (χ0n) is 7.80. The topological polar surface area (TPSA) is 41.1 Å². The van der Waals surface area contributed by atoms with Crippen LogP contribution in [-0.4, -0.2) is 12.6 Å². The van der Waals surface area contributed by atoms with Crippen LogP contribution >= 0.6 is 11.6 Å². The Hall–Kier alpha value is -1.22. The van der Waals surface area contributed by atoms with Crippen molar-refractivity contribution in [2.24, 2.45) is 0 Å². The van der Waals surface area contributed by atoms with E-state index in [-0.39, 0.29) is 12.1 Å². The van der Waals surface area contributed by atoms with E-state index in [4.69, 9.17) is 11.6 Å². The number of halogens is 1. The molecule has 3 nitrogen and oxygen atoms in total. The number of amides is 2. The van der Waals surface area contributed by atoms with E-state index < -0.39 is 0 Å². The lowest BCUT2D eigenvalue weighted by atomic mass is 10.1. The SMILES string of the molecule is Cc1cc([C@@H]2CNC(=O)N2)ccc1Cl. The van der Waals surface area contributed by atoms with Gasteiger partial charge in [0.15, 0.2) is 0 Å². The molecule has 2 amide bonds. The maximum Gasteiger partial charge on any atom is 0.315 e. The maximum atomic E-state index is 10.9. The fourth-order valence-electron chi connectivity index (χ4n) is 1.54. The van der Waals surface area contributed by atoms with Gasteiger partial charge in [-0.05, 0) is 24.1 Å². The largest absolute Gasteiger partial charge is 0.336 e. The first-order valence-corrected chi connectivity index (χ1v) is 4.85. The molecule has 74 valence electrons. The van der Waals surface area contributed by atoms with Crippen molar-refractivity contribution in [3.63, 3.8) is 0 Å². The second-order valence-corrected chi connectivity index (χ2v) is 3.82. The van der Waals surface area contributed by atoms with E-state index in [9.17, 15) is 4.79 Å². The molecule has 1 aliphatic rings. The number of rotatable bonds is 1. The predicted molar refractivity (Wildman–Crippen MR) is 55.5 cm³/mol. The molecule has 0 spiro atoms. The number of carbonyl (C=O) groups excluding carboxylic acids is 1. The lowest BCUT2D eigenvalue weighted by Gasteiger charge is -2.10. The summed E-state index contributed by atoms with van der Waals surface area (Å²) in [5, 5.41) is 6.30. The molecule has 14 heavy (non-hydrogen) atoms. The van der Waals surface area contributed by atoms with E-state index in [1.54, 1.807) is 0 Å². The zero-order chi connectivity index (χ0) is 10.1. The Morgan fingerprint density at radius 3 is 2.86 bits per heavy atom. The van der Waals surface area contributed by atoms with E-state index in [1.807, 2.05) is 25.1 Å². The van der Waals surface area contributed by atoms with E-state index in [2.05, 4.69) is 10.6 Å². The highest BCUT2D eigenvalue weighted by Crippen LogP contribution is 2.21. The van der Waals surface area contributed by atoms with Gasteiger partial charge in [-0.2, -0.15) is 0 Å². The Kier molecular flexibility index (Phi) is 2.33. The molecular formula is C10H11ClN2O. The molecule has 0 bridgehead atoms. The second kappa shape index (κ2) is 3.50. The monoisotopic (exact) mass is 210 g/mol. The number of carbonyl (C=O) groups is 1. The summed E-state index contributed by atoms with van der Waals surface area (Å²) in [5.41, 5.74) is 2.12. The predicted octanol–water partition coefficient (Wildman–Crippen LogP) is 2.00. The second-order valence-electron chi connectivity index (χ2n) is 3.42. The van der Waals surface area contributed by atoms with Crippen LogP contribution in [-0.2, 0) is 0 Å². The van der Waals surface area contributed by atoms with Crippen LogP contribution in [0.15, 0.2) is 18.2 Å². The molecule has 1 saturated heterocycles. The standard InChI is InChI=1S/C10H11ClN2O/c1-6-4-7(2-3-8(6)11)9-5-12-10(14)13-9/h2-4,9H,5H2,1H3,(H2,12,13,14)/t9-/m0/s1. The van der Waals surface area contributed by atoms with Gasteiger partial charge < -0.3 is 10.6 Å². The van der Waals surface area contributed by atoms with Gasteiger partial charge in [-0.15, -0.1) is 0 Å². The van der Waals surface area contributed by atoms with Gasteiger partial charge in [0, 0.05) is 11.6 Å². The van der Waals surface area contributed by atoms with Gasteiger partial charge >= 0.3 is 6.03 Å². The molecule has 1 aromatic rings. The van der Waals surface area contributed by atoms with Gasteiger partial charge in [0.25, 0.3) is 0 Å². The van der Waals surface area contributed by atoms with Crippen molar-refractivity contribution < 1.29 is 4.79 Å². The van der Waals surface area contributed by atoms with Gasteiger partial charge in [-0.3, -0.25) is 0 Å². The maximum absolute atomic E-state index is 10.9. The van der Waals surface area contributed by atoms with Crippen LogP contribution in [0.3, 0.4) is 0 Å². The fraction of sp³-hybridized carbons (Fsp3) is 0.300. The van der Waals surface area contributed by atoms with Gasteiger partial charge in [0.1, 0.15) is 0 Å². The van der Waals surface area contributed by atoms with Gasteiger partial charge in [0.05, 0.1) is 6.04 Å². The molecule has 1 fully saturated rings. The third-order valence-electron chi connectivity index (χ3n) is 2.36. The molecule has 1 atom stereocenters. The highest BCUT2D eigenvalue weighted by molar-refractivity contribution is 6.31. The van der Waals surface area contributed by atoms with E-state index in [0.29, 0.717) is 6.54 Å². The fourth-order valence-corrected chi connectivity index (χ4v) is 1.66. The first-order valence-electron chi connectivity index (χ1n) is 4.47. The minimum atomic E-state index is -0.109. The van der Waals surface area contributed by atoms with Gasteiger partial charge in [-0.25, -0.2) is 4.79 Å². The average Bonchev–Trinajstić information content (AvgIpc) is 2.57. The summed E-state index contributed by atoms with van der Waals surface area (Å²) in [7, 11) is 0. The Morgan fingerprint density at radius 2 is 2.29 bits per heavy atom. The summed E-state index contributed by atoms with van der Waals surface area (Å²) in [6.45, 7) is 2.59. The highest BCUT2D eigenvalue weighted by atomic mass is 35.5. The Balaban J connectivity index is 2.24. The smallest absolute Gasteiger partial charge is 0.315 e. The quantitative estimate of drug-likeness (QED) is 0.732. The minimum absolute atomic E-state index is 0.0680. The Morgan fingerprint density at radius 1 is 1.50 bits per heavy atom. The first kappa shape index (κ1) is 9.34. The third kappa shape index (κ3) is 1.68. The molecule has 0 saturated carbocycles. The van der Waals surface area contributed by atoms with Crippen molar-refractivity contribution in [1.29, 1.82) is 0 Å². The van der Waals surface area contributed by atoms with Crippen LogP contribution in [0.1, 0.15) is 17.2 Å². The summed E-state index contributed by atoms with van der Waals surface area (Å²) in [5.74, 6) is 0. The molecule has 1 heterocycles. The van der Waals surface area contributed by atoms with E-state index >= 15 is 0 Å². The van der Waals surface area contributed by atoms with Crippen LogP contribution in [0.2, 0.25) is 5.02 Å². The first-order chi connectivity index (χ1) is 6.66. The number of benzene rings is 1. The minimum Gasteiger partial charge on any atom is -0.336 e. The van der Waals surface area contributed by atoms with Crippen LogP contribution < -0.4 is 10.6 Å². The molecule has 4 heteroatoms. The molecule has 2 rings (SSSR count). The van der Waals surface area contributed by atoms with Gasteiger partial charge in [-0.1, -0.05) is 23.7 Å². The molecule has 0 unspecified atom stereocenters. The van der Waals surface area contributed by atoms with Crippen LogP contribution in [0.4, 0.5) is 4.79 Å². The molecule has 0 aromatic heterocycles. The lowest BCUT2D eigenvalue weighted by molar-refractivity contribution is 0.247. The lowest BCUT2D eigenvalue weighted by Crippen LogP contribution is -2.21. The Bertz CT molecular complexity index is 378. The molecule has 0 aliphatic carbocycles. The van der Waals surface area contributed by atoms with Crippen molar-refractivity contribution in [2.75, 3.05) is 6.54 Å². The molecule has 1 aliphatic heterocycles. The van der Waals surface area contributed by atoms with Crippen molar-refractivity contribution >= 4 is 17.6 Å². The number of aryl methyl sites for hydroxylation is 1. The highest BCUT2D eigenvalue weighted by Gasteiger charge is 2.21. The summed E-state index contributed by atoms with van der Waals surface area (Å²) < 4.78 is 0. The van der Waals surface area contributed by atoms with Crippen molar-refractivity contribution in [3.05, 3.63) is 34.3 Å². The van der Waals surface area contributed by atoms with E-state index in [1.165, 1.54) is 0 Å². The van der Waals surface area contributed by atoms with Crippen LogP contribution in [0.5, 0.6) is 0 Å². The zero-order valence-corrected chi connectivity index (χ0v) is 8.56. The van der Waals surface area contributed by atoms with Crippen LogP contribution in [0, 0.1) is 6.92 Å². The average molecular weight is 211 g/mol. The summed E-state index contributed by atoms with van der Waals surface area (Å²) in [6.07, 6.45) is 0. The summed E-state index contributed by atoms with van der Waals surface area (Å²) in [6, 6.07) is 5.76. The van der Waals surface area contributed by atoms with Crippen molar-refractivity contribution in [1.82, 2.24) is 10.6 Å². The van der Waals surface area contributed by atoms with E-state index in [0.717, 1.165) is 16.1 Å². The van der Waals surface area contributed by atoms with Crippen molar-refractivity contribution in [3.8, 4) is 0 Å². The molecule has 2 N–H and O–H groups in total. The normalized spacial score (nSPS) is 20.4. The number of hydrogen-bond acceptors (Lipinski definition) is 1. The summed E-state index contributed by atoms with van der Waals surface area (Å²) in [4.78, 5) is 10.9. The molecular weight excluding hydrogens is 200 g/mol. The third-order valence-corrected chi connectivity index (χ3v) is 2.78. The molecule has 0 radical (unpaired) electrons.